The first-order valence-corrected chi connectivity index (χ1v) is 5.31. The molecule has 2 heteroatoms. The molecule has 2 rings (SSSR count). The first-order chi connectivity index (χ1) is 6.57. The highest BCUT2D eigenvalue weighted by molar-refractivity contribution is 5.27. The Bertz CT molecular complexity index is 336. The molecule has 1 N–H and O–H groups in total. The molecule has 1 atom stereocenters. The van der Waals surface area contributed by atoms with Crippen molar-refractivity contribution in [2.24, 2.45) is 5.41 Å². The second-order valence-electron chi connectivity index (χ2n) is 4.74. The third-order valence-corrected chi connectivity index (χ3v) is 3.41. The molecule has 2 nitrogen and oxygen atoms in total. The molecule has 1 heterocycles. The third-order valence-electron chi connectivity index (χ3n) is 3.41. The molecule has 0 amide bonds. The number of aryl methyl sites for hydroxylation is 2. The van der Waals surface area contributed by atoms with Gasteiger partial charge in [0.2, 0.25) is 0 Å². The summed E-state index contributed by atoms with van der Waals surface area (Å²) in [7, 11) is 2.04. The van der Waals surface area contributed by atoms with E-state index < -0.39 is 0 Å². The van der Waals surface area contributed by atoms with Gasteiger partial charge in [-0.3, -0.25) is 0 Å². The molecule has 0 aliphatic heterocycles. The maximum Gasteiger partial charge on any atom is 0.105 e. The van der Waals surface area contributed by atoms with Crippen molar-refractivity contribution >= 4 is 0 Å². The molecular formula is C12H19NO. The van der Waals surface area contributed by atoms with Crippen LogP contribution in [0.4, 0.5) is 0 Å². The zero-order valence-electron chi connectivity index (χ0n) is 9.48. The van der Waals surface area contributed by atoms with Crippen LogP contribution in [0.15, 0.2) is 10.5 Å². The van der Waals surface area contributed by atoms with Gasteiger partial charge in [-0.05, 0) is 45.2 Å². The summed E-state index contributed by atoms with van der Waals surface area (Å²) in [4.78, 5) is 0. The summed E-state index contributed by atoms with van der Waals surface area (Å²) in [6.45, 7) is 6.41. The fourth-order valence-electron chi connectivity index (χ4n) is 2.30. The van der Waals surface area contributed by atoms with Crippen molar-refractivity contribution in [1.82, 2.24) is 5.32 Å². The largest absolute Gasteiger partial charge is 0.466 e. The zero-order valence-corrected chi connectivity index (χ0v) is 9.48. The summed E-state index contributed by atoms with van der Waals surface area (Å²) < 4.78 is 5.58. The van der Waals surface area contributed by atoms with E-state index in [1.807, 2.05) is 14.0 Å². The lowest BCUT2D eigenvalue weighted by Gasteiger charge is -2.22. The Hall–Kier alpha value is -0.760. The van der Waals surface area contributed by atoms with E-state index in [2.05, 4.69) is 25.2 Å². The predicted octanol–water partition coefficient (Wildman–Crippen LogP) is 2.96. The van der Waals surface area contributed by atoms with Crippen molar-refractivity contribution in [3.05, 3.63) is 23.2 Å². The minimum absolute atomic E-state index is 0.454. The van der Waals surface area contributed by atoms with Gasteiger partial charge in [-0.15, -0.1) is 0 Å². The molecule has 0 aromatic carbocycles. The fraction of sp³-hybridized carbons (Fsp3) is 0.667. The first-order valence-electron chi connectivity index (χ1n) is 5.31. The Labute approximate surface area is 85.7 Å². The molecule has 1 aromatic heterocycles. The maximum absolute atomic E-state index is 5.58. The van der Waals surface area contributed by atoms with E-state index in [0.29, 0.717) is 11.5 Å². The van der Waals surface area contributed by atoms with Gasteiger partial charge in [0, 0.05) is 11.6 Å². The van der Waals surface area contributed by atoms with Crippen molar-refractivity contribution in [3.8, 4) is 0 Å². The number of nitrogens with one attached hydrogen (secondary N) is 1. The Morgan fingerprint density at radius 2 is 2.07 bits per heavy atom. The summed E-state index contributed by atoms with van der Waals surface area (Å²) >= 11 is 0. The highest BCUT2D eigenvalue weighted by Crippen LogP contribution is 2.54. The van der Waals surface area contributed by atoms with E-state index in [0.717, 1.165) is 11.5 Å². The van der Waals surface area contributed by atoms with E-state index in [1.54, 1.807) is 0 Å². The summed E-state index contributed by atoms with van der Waals surface area (Å²) in [5, 5.41) is 3.41. The van der Waals surface area contributed by atoms with Crippen LogP contribution in [-0.2, 0) is 0 Å². The van der Waals surface area contributed by atoms with Crippen LogP contribution in [0.5, 0.6) is 0 Å². The Morgan fingerprint density at radius 1 is 1.43 bits per heavy atom. The van der Waals surface area contributed by atoms with Crippen molar-refractivity contribution in [2.45, 2.75) is 39.7 Å². The Kier molecular flexibility index (Phi) is 2.18. The molecular weight excluding hydrogens is 174 g/mol. The molecule has 1 unspecified atom stereocenters. The van der Waals surface area contributed by atoms with E-state index in [4.69, 9.17) is 4.42 Å². The lowest BCUT2D eigenvalue weighted by Crippen LogP contribution is -2.24. The van der Waals surface area contributed by atoms with Crippen LogP contribution in [0.3, 0.4) is 0 Å². The summed E-state index contributed by atoms with van der Waals surface area (Å²) in [6.07, 6.45) is 2.64. The Balaban J connectivity index is 2.31. The van der Waals surface area contributed by atoms with E-state index in [9.17, 15) is 0 Å². The lowest BCUT2D eigenvalue weighted by molar-refractivity contribution is 0.382. The second-order valence-corrected chi connectivity index (χ2v) is 4.74. The van der Waals surface area contributed by atoms with Gasteiger partial charge in [-0.2, -0.15) is 0 Å². The SMILES string of the molecule is CNC(c1cc(C)oc1C)C1(C)CC1. The van der Waals surface area contributed by atoms with Crippen LogP contribution in [-0.4, -0.2) is 7.05 Å². The molecule has 1 fully saturated rings. The van der Waals surface area contributed by atoms with Crippen molar-refractivity contribution in [3.63, 3.8) is 0 Å². The Morgan fingerprint density at radius 3 is 2.43 bits per heavy atom. The summed E-state index contributed by atoms with van der Waals surface area (Å²) in [6, 6.07) is 2.63. The van der Waals surface area contributed by atoms with Gasteiger partial charge < -0.3 is 9.73 Å². The average molecular weight is 193 g/mol. The lowest BCUT2D eigenvalue weighted by atomic mass is 9.92. The quantitative estimate of drug-likeness (QED) is 0.798. The monoisotopic (exact) mass is 193 g/mol. The number of rotatable bonds is 3. The van der Waals surface area contributed by atoms with Crippen molar-refractivity contribution < 1.29 is 4.42 Å². The molecule has 0 radical (unpaired) electrons. The first kappa shape index (κ1) is 9.78. The standard InChI is InChI=1S/C12H19NO/c1-8-7-10(9(2)14-8)11(13-4)12(3)5-6-12/h7,11,13H,5-6H2,1-4H3. The highest BCUT2D eigenvalue weighted by atomic mass is 16.3. The molecule has 0 spiro atoms. The maximum atomic E-state index is 5.58. The molecule has 14 heavy (non-hydrogen) atoms. The van der Waals surface area contributed by atoms with Crippen molar-refractivity contribution in [1.29, 1.82) is 0 Å². The summed E-state index contributed by atoms with van der Waals surface area (Å²) in [5.41, 5.74) is 1.79. The minimum atomic E-state index is 0.454. The number of hydrogen-bond acceptors (Lipinski definition) is 2. The number of furan rings is 1. The van der Waals surface area contributed by atoms with E-state index in [-0.39, 0.29) is 0 Å². The smallest absolute Gasteiger partial charge is 0.105 e. The molecule has 1 aliphatic rings. The van der Waals surface area contributed by atoms with E-state index in [1.165, 1.54) is 18.4 Å². The van der Waals surface area contributed by atoms with Crippen LogP contribution in [0, 0.1) is 19.3 Å². The average Bonchev–Trinajstić information content (AvgIpc) is 2.75. The second kappa shape index (κ2) is 3.13. The van der Waals surface area contributed by atoms with Gasteiger partial charge in [0.25, 0.3) is 0 Å². The molecule has 78 valence electrons. The van der Waals surface area contributed by atoms with Crippen molar-refractivity contribution in [2.75, 3.05) is 7.05 Å². The van der Waals surface area contributed by atoms with Crippen LogP contribution in [0.2, 0.25) is 0 Å². The molecule has 0 bridgehead atoms. The van der Waals surface area contributed by atoms with Gasteiger partial charge in [-0.1, -0.05) is 6.92 Å². The predicted molar refractivity (Wildman–Crippen MR) is 57.3 cm³/mol. The number of hydrogen-bond donors (Lipinski definition) is 1. The van der Waals surface area contributed by atoms with Crippen LogP contribution < -0.4 is 5.32 Å². The third kappa shape index (κ3) is 1.48. The zero-order chi connectivity index (χ0) is 10.3. The minimum Gasteiger partial charge on any atom is -0.466 e. The van der Waals surface area contributed by atoms with Gasteiger partial charge >= 0.3 is 0 Å². The van der Waals surface area contributed by atoms with Gasteiger partial charge in [0.15, 0.2) is 0 Å². The van der Waals surface area contributed by atoms with Gasteiger partial charge in [0.05, 0.1) is 0 Å². The molecule has 0 saturated heterocycles. The van der Waals surface area contributed by atoms with Gasteiger partial charge in [0.1, 0.15) is 11.5 Å². The normalized spacial score (nSPS) is 20.9. The van der Waals surface area contributed by atoms with Gasteiger partial charge in [-0.25, -0.2) is 0 Å². The molecule has 1 aromatic rings. The highest BCUT2D eigenvalue weighted by Gasteiger charge is 2.45. The van der Waals surface area contributed by atoms with Crippen LogP contribution >= 0.6 is 0 Å². The van der Waals surface area contributed by atoms with E-state index >= 15 is 0 Å². The molecule has 1 saturated carbocycles. The van der Waals surface area contributed by atoms with Crippen LogP contribution in [0.1, 0.15) is 42.9 Å². The topological polar surface area (TPSA) is 25.2 Å². The summed E-state index contributed by atoms with van der Waals surface area (Å²) in [5.74, 6) is 2.08. The van der Waals surface area contributed by atoms with Crippen LogP contribution in [0.25, 0.3) is 0 Å². The fourth-order valence-corrected chi connectivity index (χ4v) is 2.30. The molecule has 1 aliphatic carbocycles.